The van der Waals surface area contributed by atoms with Crippen molar-refractivity contribution in [3.63, 3.8) is 0 Å². The lowest BCUT2D eigenvalue weighted by molar-refractivity contribution is 0.379. The van der Waals surface area contributed by atoms with Gasteiger partial charge in [0, 0.05) is 18.4 Å². The van der Waals surface area contributed by atoms with Gasteiger partial charge in [-0.05, 0) is 12.1 Å². The maximum atomic E-state index is 9.19. The second-order valence-electron chi connectivity index (χ2n) is 4.20. The first-order valence-electron chi connectivity index (χ1n) is 6.16. The molecule has 1 N–H and O–H groups in total. The predicted octanol–water partition coefficient (Wildman–Crippen LogP) is 2.14. The van der Waals surface area contributed by atoms with Crippen LogP contribution in [0.1, 0.15) is 11.5 Å². The number of benzene rings is 1. The number of nitriles is 1. The molecule has 6 heteroatoms. The van der Waals surface area contributed by atoms with Crippen LogP contribution in [0.2, 0.25) is 0 Å². The highest BCUT2D eigenvalue weighted by molar-refractivity contribution is 5.82. The van der Waals surface area contributed by atoms with Crippen molar-refractivity contribution in [1.29, 1.82) is 5.26 Å². The number of anilines is 1. The molecule has 1 aromatic carbocycles. The normalized spacial score (nSPS) is 10.3. The van der Waals surface area contributed by atoms with Gasteiger partial charge in [0.2, 0.25) is 5.89 Å². The molecule has 0 unspecified atom stereocenters. The highest BCUT2D eigenvalue weighted by Gasteiger charge is 2.06. The Morgan fingerprint density at radius 1 is 1.30 bits per heavy atom. The lowest BCUT2D eigenvalue weighted by Crippen LogP contribution is -2.08. The zero-order valence-electron chi connectivity index (χ0n) is 10.6. The van der Waals surface area contributed by atoms with Crippen LogP contribution in [0.4, 0.5) is 5.82 Å². The summed E-state index contributed by atoms with van der Waals surface area (Å²) in [5.74, 6) is 1.13. The van der Waals surface area contributed by atoms with Crippen LogP contribution in [0.5, 0.6) is 0 Å². The molecule has 0 spiro atoms. The number of hydrogen-bond donors (Lipinski definition) is 1. The summed E-state index contributed by atoms with van der Waals surface area (Å²) in [7, 11) is 0. The maximum absolute atomic E-state index is 9.19. The van der Waals surface area contributed by atoms with Crippen molar-refractivity contribution >= 4 is 16.7 Å². The van der Waals surface area contributed by atoms with Gasteiger partial charge in [-0.3, -0.25) is 0 Å². The monoisotopic (exact) mass is 265 g/mol. The fourth-order valence-corrected chi connectivity index (χ4v) is 1.93. The molecule has 0 atom stereocenters. The zero-order chi connectivity index (χ0) is 13.8. The minimum absolute atomic E-state index is 0.522. The van der Waals surface area contributed by atoms with E-state index in [1.807, 2.05) is 30.3 Å². The quantitative estimate of drug-likeness (QED) is 0.777. The Labute approximate surface area is 115 Å². The van der Waals surface area contributed by atoms with E-state index in [9.17, 15) is 5.26 Å². The second-order valence-corrected chi connectivity index (χ2v) is 4.20. The Kier molecular flexibility index (Phi) is 3.25. The summed E-state index contributed by atoms with van der Waals surface area (Å²) in [6.45, 7) is 0.572. The molecule has 0 saturated carbocycles. The van der Waals surface area contributed by atoms with Gasteiger partial charge in [-0.1, -0.05) is 23.4 Å². The van der Waals surface area contributed by atoms with Crippen LogP contribution >= 0.6 is 0 Å². The van der Waals surface area contributed by atoms with E-state index in [2.05, 4.69) is 26.5 Å². The van der Waals surface area contributed by atoms with Gasteiger partial charge < -0.3 is 9.84 Å². The first-order chi connectivity index (χ1) is 9.86. The van der Waals surface area contributed by atoms with Gasteiger partial charge >= 0.3 is 0 Å². The number of aromatic nitrogens is 3. The van der Waals surface area contributed by atoms with Gasteiger partial charge in [-0.25, -0.2) is 4.98 Å². The smallest absolute Gasteiger partial charge is 0.228 e. The summed E-state index contributed by atoms with van der Waals surface area (Å²) < 4.78 is 4.91. The van der Waals surface area contributed by atoms with Crippen LogP contribution in [0.15, 0.2) is 41.2 Å². The minimum atomic E-state index is 0.522. The molecule has 20 heavy (non-hydrogen) atoms. The van der Waals surface area contributed by atoms with E-state index in [-0.39, 0.29) is 0 Å². The Balaban J connectivity index is 1.81. The maximum Gasteiger partial charge on any atom is 0.228 e. The number of fused-ring (bicyclic) bond motifs is 1. The molecule has 0 aliphatic rings. The molecule has 3 rings (SSSR count). The van der Waals surface area contributed by atoms with Crippen molar-refractivity contribution in [3.8, 4) is 6.07 Å². The molecule has 2 heterocycles. The third-order valence-corrected chi connectivity index (χ3v) is 2.88. The summed E-state index contributed by atoms with van der Waals surface area (Å²) in [4.78, 5) is 8.40. The van der Waals surface area contributed by atoms with Gasteiger partial charge in [0.25, 0.3) is 0 Å². The topological polar surface area (TPSA) is 87.6 Å². The van der Waals surface area contributed by atoms with E-state index in [0.29, 0.717) is 30.2 Å². The molecule has 2 aromatic heterocycles. The van der Waals surface area contributed by atoms with E-state index < -0.39 is 0 Å². The Morgan fingerprint density at radius 2 is 2.20 bits per heavy atom. The fourth-order valence-electron chi connectivity index (χ4n) is 1.93. The lowest BCUT2D eigenvalue weighted by Gasteiger charge is -2.07. The summed E-state index contributed by atoms with van der Waals surface area (Å²) >= 11 is 0. The molecule has 0 radical (unpaired) electrons. The van der Waals surface area contributed by atoms with E-state index in [1.165, 1.54) is 6.33 Å². The summed E-state index contributed by atoms with van der Waals surface area (Å²) in [5.41, 5.74) is 1.38. The molecule has 0 amide bonds. The Hall–Kier alpha value is -2.94. The average molecular weight is 265 g/mol. The average Bonchev–Trinajstić information content (AvgIpc) is 3.00. The molecule has 0 bridgehead atoms. The molecular formula is C14H11N5O. The number of para-hydroxylation sites is 1. The molecule has 3 aromatic rings. The first kappa shape index (κ1) is 12.1. The van der Waals surface area contributed by atoms with Crippen molar-refractivity contribution in [2.45, 2.75) is 6.42 Å². The largest absolute Gasteiger partial charge is 0.368 e. The standard InChI is InChI=1S/C14H11N5O/c15-8-11-7-10-3-1-2-4-12(10)19-14(11)16-6-5-13-17-9-18-20-13/h1-4,7,9H,5-6H2,(H,16,19). The third-order valence-electron chi connectivity index (χ3n) is 2.88. The molecular weight excluding hydrogens is 254 g/mol. The van der Waals surface area contributed by atoms with Gasteiger partial charge in [0.1, 0.15) is 11.9 Å². The van der Waals surface area contributed by atoms with Crippen LogP contribution in [-0.4, -0.2) is 21.7 Å². The van der Waals surface area contributed by atoms with Crippen molar-refractivity contribution in [2.75, 3.05) is 11.9 Å². The highest BCUT2D eigenvalue weighted by Crippen LogP contribution is 2.19. The molecule has 0 saturated heterocycles. The summed E-state index contributed by atoms with van der Waals surface area (Å²) in [6.07, 6.45) is 1.95. The lowest BCUT2D eigenvalue weighted by atomic mass is 10.1. The zero-order valence-corrected chi connectivity index (χ0v) is 10.6. The number of nitrogens with zero attached hydrogens (tertiary/aromatic N) is 4. The molecule has 0 fully saturated rings. The van der Waals surface area contributed by atoms with Crippen LogP contribution in [0.25, 0.3) is 10.9 Å². The Morgan fingerprint density at radius 3 is 3.00 bits per heavy atom. The van der Waals surface area contributed by atoms with Gasteiger partial charge in [-0.2, -0.15) is 10.2 Å². The van der Waals surface area contributed by atoms with Gasteiger partial charge in [0.05, 0.1) is 11.1 Å². The van der Waals surface area contributed by atoms with Crippen molar-refractivity contribution < 1.29 is 4.52 Å². The van der Waals surface area contributed by atoms with E-state index >= 15 is 0 Å². The van der Waals surface area contributed by atoms with E-state index in [4.69, 9.17) is 4.52 Å². The minimum Gasteiger partial charge on any atom is -0.368 e. The Bertz CT molecular complexity index is 761. The highest BCUT2D eigenvalue weighted by atomic mass is 16.5. The van der Waals surface area contributed by atoms with E-state index in [0.717, 1.165) is 10.9 Å². The van der Waals surface area contributed by atoms with Crippen molar-refractivity contribution in [3.05, 3.63) is 48.1 Å². The number of pyridine rings is 1. The number of nitrogens with one attached hydrogen (secondary N) is 1. The number of hydrogen-bond acceptors (Lipinski definition) is 6. The van der Waals surface area contributed by atoms with Gasteiger partial charge in [-0.15, -0.1) is 0 Å². The van der Waals surface area contributed by atoms with Crippen molar-refractivity contribution in [2.24, 2.45) is 0 Å². The van der Waals surface area contributed by atoms with Crippen LogP contribution in [-0.2, 0) is 6.42 Å². The fraction of sp³-hybridized carbons (Fsp3) is 0.143. The first-order valence-corrected chi connectivity index (χ1v) is 6.16. The summed E-state index contributed by atoms with van der Waals surface area (Å²) in [6, 6.07) is 11.7. The second kappa shape index (κ2) is 5.36. The predicted molar refractivity (Wildman–Crippen MR) is 72.9 cm³/mol. The molecule has 0 aliphatic carbocycles. The van der Waals surface area contributed by atoms with E-state index in [1.54, 1.807) is 0 Å². The summed E-state index contributed by atoms with van der Waals surface area (Å²) in [5, 5.41) is 16.8. The molecule has 0 aliphatic heterocycles. The van der Waals surface area contributed by atoms with Crippen molar-refractivity contribution in [1.82, 2.24) is 15.1 Å². The van der Waals surface area contributed by atoms with Crippen LogP contribution in [0.3, 0.4) is 0 Å². The van der Waals surface area contributed by atoms with Crippen LogP contribution in [0, 0.1) is 11.3 Å². The molecule has 6 nitrogen and oxygen atoms in total. The molecule has 98 valence electrons. The SMILES string of the molecule is N#Cc1cc2ccccc2nc1NCCc1ncno1. The van der Waals surface area contributed by atoms with Crippen LogP contribution < -0.4 is 5.32 Å². The van der Waals surface area contributed by atoms with Gasteiger partial charge in [0.15, 0.2) is 6.33 Å². The third kappa shape index (κ3) is 2.42. The number of rotatable bonds is 4.